The Morgan fingerprint density at radius 2 is 1.68 bits per heavy atom. The van der Waals surface area contributed by atoms with Crippen LogP contribution in [0.25, 0.3) is 0 Å². The first-order valence-corrected chi connectivity index (χ1v) is 9.13. The topological polar surface area (TPSA) is 36.5 Å². The highest BCUT2D eigenvalue weighted by Crippen LogP contribution is 2.21. The van der Waals surface area contributed by atoms with Gasteiger partial charge >= 0.3 is 0 Å². The van der Waals surface area contributed by atoms with Crippen molar-refractivity contribution in [2.75, 3.05) is 41.8 Å². The predicted molar refractivity (Wildman–Crippen MR) is 110 cm³/mol. The maximum absolute atomic E-state index is 5.44. The van der Waals surface area contributed by atoms with Crippen LogP contribution in [0.4, 0.5) is 17.1 Å². The molecule has 1 saturated heterocycles. The first-order valence-electron chi connectivity index (χ1n) is 8.72. The van der Waals surface area contributed by atoms with Gasteiger partial charge in [-0.05, 0) is 60.1 Å². The Labute approximate surface area is 155 Å². The van der Waals surface area contributed by atoms with Crippen LogP contribution in [0.3, 0.4) is 0 Å². The molecule has 0 spiro atoms. The summed E-state index contributed by atoms with van der Waals surface area (Å²) in [5, 5.41) is 7.10. The molecule has 1 fully saturated rings. The Bertz CT molecular complexity index is 709. The van der Waals surface area contributed by atoms with Crippen LogP contribution in [0.5, 0.6) is 0 Å². The lowest BCUT2D eigenvalue weighted by molar-refractivity contribution is 0.122. The van der Waals surface area contributed by atoms with Crippen molar-refractivity contribution < 1.29 is 4.74 Å². The zero-order valence-electron chi connectivity index (χ0n) is 14.8. The minimum atomic E-state index is 0.496. The lowest BCUT2D eigenvalue weighted by atomic mass is 10.0. The molecule has 2 aromatic carbocycles. The minimum absolute atomic E-state index is 0.496. The normalized spacial score (nSPS) is 14.4. The van der Waals surface area contributed by atoms with Gasteiger partial charge in [-0.25, -0.2) is 0 Å². The van der Waals surface area contributed by atoms with Crippen LogP contribution in [0, 0.1) is 0 Å². The number of anilines is 3. The number of ether oxygens (including phenoxy) is 1. The lowest BCUT2D eigenvalue weighted by Gasteiger charge is -2.29. The summed E-state index contributed by atoms with van der Waals surface area (Å²) in [5.74, 6) is 0.496. The van der Waals surface area contributed by atoms with Crippen molar-refractivity contribution in [3.8, 4) is 0 Å². The van der Waals surface area contributed by atoms with Crippen molar-refractivity contribution in [1.82, 2.24) is 0 Å². The Hall–Kier alpha value is -2.11. The zero-order chi connectivity index (χ0) is 17.6. The third-order valence-corrected chi connectivity index (χ3v) is 4.52. The molecule has 0 saturated carbocycles. The van der Waals surface area contributed by atoms with Crippen molar-refractivity contribution in [2.24, 2.45) is 0 Å². The average Bonchev–Trinajstić information content (AvgIpc) is 2.63. The summed E-state index contributed by atoms with van der Waals surface area (Å²) in [4.78, 5) is 2.33. The van der Waals surface area contributed by atoms with Crippen molar-refractivity contribution in [3.05, 3.63) is 54.1 Å². The van der Waals surface area contributed by atoms with E-state index in [-0.39, 0.29) is 0 Å². The maximum atomic E-state index is 5.44. The molecule has 0 unspecified atom stereocenters. The molecule has 132 valence electrons. The van der Waals surface area contributed by atoms with Gasteiger partial charge in [0.15, 0.2) is 5.11 Å². The van der Waals surface area contributed by atoms with Gasteiger partial charge in [0.25, 0.3) is 0 Å². The first kappa shape index (κ1) is 17.7. The Morgan fingerprint density at radius 3 is 2.36 bits per heavy atom. The molecule has 4 nitrogen and oxygen atoms in total. The summed E-state index contributed by atoms with van der Waals surface area (Å²) in [7, 11) is 0. The number of thiocarbonyl (C=S) groups is 1. The zero-order valence-corrected chi connectivity index (χ0v) is 15.6. The van der Waals surface area contributed by atoms with Gasteiger partial charge in [-0.15, -0.1) is 0 Å². The smallest absolute Gasteiger partial charge is 0.175 e. The van der Waals surface area contributed by atoms with Crippen LogP contribution >= 0.6 is 12.2 Å². The fraction of sp³-hybridized carbons (Fsp3) is 0.350. The van der Waals surface area contributed by atoms with Crippen LogP contribution in [0.1, 0.15) is 25.3 Å². The first-order chi connectivity index (χ1) is 12.1. The fourth-order valence-corrected chi connectivity index (χ4v) is 3.08. The summed E-state index contributed by atoms with van der Waals surface area (Å²) in [6.07, 6.45) is 0. The lowest BCUT2D eigenvalue weighted by Crippen LogP contribution is -2.36. The third-order valence-electron chi connectivity index (χ3n) is 4.31. The van der Waals surface area contributed by atoms with Crippen LogP contribution in [0.15, 0.2) is 48.5 Å². The van der Waals surface area contributed by atoms with Crippen LogP contribution in [-0.2, 0) is 4.74 Å². The van der Waals surface area contributed by atoms with E-state index in [1.54, 1.807) is 0 Å². The molecular formula is C20H25N3OS. The quantitative estimate of drug-likeness (QED) is 0.792. The van der Waals surface area contributed by atoms with Crippen molar-refractivity contribution in [2.45, 2.75) is 19.8 Å². The minimum Gasteiger partial charge on any atom is -0.378 e. The van der Waals surface area contributed by atoms with E-state index in [1.165, 1.54) is 11.3 Å². The second-order valence-electron chi connectivity index (χ2n) is 6.51. The van der Waals surface area contributed by atoms with Gasteiger partial charge in [-0.1, -0.05) is 26.0 Å². The molecule has 5 heteroatoms. The monoisotopic (exact) mass is 355 g/mol. The third kappa shape index (κ3) is 4.94. The molecule has 2 aromatic rings. The van der Waals surface area contributed by atoms with E-state index >= 15 is 0 Å². The molecule has 0 radical (unpaired) electrons. The van der Waals surface area contributed by atoms with Gasteiger partial charge in [-0.3, -0.25) is 0 Å². The van der Waals surface area contributed by atoms with Gasteiger partial charge in [0.05, 0.1) is 13.2 Å². The van der Waals surface area contributed by atoms with Crippen molar-refractivity contribution >= 4 is 34.4 Å². The Balaban J connectivity index is 1.58. The molecule has 0 bridgehead atoms. The van der Waals surface area contributed by atoms with Crippen molar-refractivity contribution in [3.63, 3.8) is 0 Å². The van der Waals surface area contributed by atoms with Crippen LogP contribution in [-0.4, -0.2) is 31.4 Å². The molecule has 0 aromatic heterocycles. The number of rotatable bonds is 4. The molecule has 1 aliphatic heterocycles. The highest BCUT2D eigenvalue weighted by molar-refractivity contribution is 7.80. The second kappa shape index (κ2) is 8.32. The number of nitrogens with zero attached hydrogens (tertiary/aromatic N) is 1. The molecule has 0 atom stereocenters. The van der Waals surface area contributed by atoms with E-state index < -0.39 is 0 Å². The van der Waals surface area contributed by atoms with E-state index in [4.69, 9.17) is 17.0 Å². The summed E-state index contributed by atoms with van der Waals surface area (Å²) < 4.78 is 5.40. The molecular weight excluding hydrogens is 330 g/mol. The molecule has 25 heavy (non-hydrogen) atoms. The van der Waals surface area contributed by atoms with E-state index in [1.807, 2.05) is 6.07 Å². The SMILES string of the molecule is CC(C)c1cccc(NC(=S)Nc2ccc(N3CCOCC3)cc2)c1. The predicted octanol–water partition coefficient (Wildman–Crippen LogP) is 4.46. The maximum Gasteiger partial charge on any atom is 0.175 e. The fourth-order valence-electron chi connectivity index (χ4n) is 2.85. The molecule has 1 aliphatic rings. The van der Waals surface area contributed by atoms with Crippen LogP contribution in [0.2, 0.25) is 0 Å². The van der Waals surface area contributed by atoms with Gasteiger partial charge < -0.3 is 20.3 Å². The molecule has 2 N–H and O–H groups in total. The Morgan fingerprint density at radius 1 is 1.00 bits per heavy atom. The van der Waals surface area contributed by atoms with Crippen molar-refractivity contribution in [1.29, 1.82) is 0 Å². The van der Waals surface area contributed by atoms with Crippen LogP contribution < -0.4 is 15.5 Å². The number of nitrogens with one attached hydrogen (secondary N) is 2. The highest BCUT2D eigenvalue weighted by Gasteiger charge is 2.11. The summed E-state index contributed by atoms with van der Waals surface area (Å²) >= 11 is 5.44. The van der Waals surface area contributed by atoms with E-state index in [0.29, 0.717) is 11.0 Å². The molecule has 3 rings (SSSR count). The number of benzene rings is 2. The average molecular weight is 356 g/mol. The summed E-state index contributed by atoms with van der Waals surface area (Å²) in [6.45, 7) is 7.85. The number of morpholine rings is 1. The van der Waals surface area contributed by atoms with E-state index in [2.05, 4.69) is 71.8 Å². The molecule has 0 aliphatic carbocycles. The van der Waals surface area contributed by atoms with Gasteiger partial charge in [0.2, 0.25) is 0 Å². The standard InChI is InChI=1S/C20H25N3OS/c1-15(2)16-4-3-5-18(14-16)22-20(25)21-17-6-8-19(9-7-17)23-10-12-24-13-11-23/h3-9,14-15H,10-13H2,1-2H3,(H2,21,22,25). The van der Waals surface area contributed by atoms with E-state index in [9.17, 15) is 0 Å². The van der Waals surface area contributed by atoms with Gasteiger partial charge in [0.1, 0.15) is 0 Å². The number of hydrogen-bond donors (Lipinski definition) is 2. The molecule has 0 amide bonds. The number of hydrogen-bond acceptors (Lipinski definition) is 3. The van der Waals surface area contributed by atoms with Gasteiger partial charge in [-0.2, -0.15) is 0 Å². The van der Waals surface area contributed by atoms with Gasteiger partial charge in [0, 0.05) is 30.2 Å². The second-order valence-corrected chi connectivity index (χ2v) is 6.91. The summed E-state index contributed by atoms with van der Waals surface area (Å²) in [5.41, 5.74) is 4.50. The summed E-state index contributed by atoms with van der Waals surface area (Å²) in [6, 6.07) is 16.7. The largest absolute Gasteiger partial charge is 0.378 e. The van der Waals surface area contributed by atoms with E-state index in [0.717, 1.165) is 37.7 Å². The molecule has 1 heterocycles. The Kier molecular flexibility index (Phi) is 5.89. The highest BCUT2D eigenvalue weighted by atomic mass is 32.1.